The monoisotopic (exact) mass is 377 g/mol. The Balaban J connectivity index is 1.69. The van der Waals surface area contributed by atoms with Crippen molar-refractivity contribution in [3.05, 3.63) is 53.1 Å². The molecule has 1 aliphatic rings. The van der Waals surface area contributed by atoms with Gasteiger partial charge in [-0.25, -0.2) is 4.79 Å². The predicted octanol–water partition coefficient (Wildman–Crippen LogP) is 3.64. The summed E-state index contributed by atoms with van der Waals surface area (Å²) in [4.78, 5) is 27.5. The van der Waals surface area contributed by atoms with Crippen molar-refractivity contribution in [3.63, 3.8) is 0 Å². The average Bonchev–Trinajstić information content (AvgIpc) is 2.65. The van der Waals surface area contributed by atoms with Crippen molar-refractivity contribution in [1.29, 1.82) is 0 Å². The summed E-state index contributed by atoms with van der Waals surface area (Å²) in [5.41, 5.74) is 1.04. The van der Waals surface area contributed by atoms with Crippen LogP contribution in [0.2, 0.25) is 5.02 Å². The van der Waals surface area contributed by atoms with Gasteiger partial charge in [0.15, 0.2) is 6.61 Å². The minimum Gasteiger partial charge on any atom is -0.496 e. The summed E-state index contributed by atoms with van der Waals surface area (Å²) in [5, 5.41) is 0.390. The van der Waals surface area contributed by atoms with Gasteiger partial charge >= 0.3 is 5.97 Å². The van der Waals surface area contributed by atoms with Crippen LogP contribution >= 0.6 is 23.4 Å². The van der Waals surface area contributed by atoms with Crippen molar-refractivity contribution in [2.45, 2.75) is 4.90 Å². The van der Waals surface area contributed by atoms with Crippen LogP contribution in [0, 0.1) is 0 Å². The Kier molecular flexibility index (Phi) is 5.50. The molecule has 0 atom stereocenters. The molecule has 0 aromatic heterocycles. The maximum Gasteiger partial charge on any atom is 0.342 e. The lowest BCUT2D eigenvalue weighted by Gasteiger charge is -2.28. The number of benzene rings is 2. The average molecular weight is 378 g/mol. The van der Waals surface area contributed by atoms with Crippen molar-refractivity contribution < 1.29 is 19.1 Å². The smallest absolute Gasteiger partial charge is 0.342 e. The van der Waals surface area contributed by atoms with Crippen LogP contribution in [0.5, 0.6) is 5.75 Å². The highest BCUT2D eigenvalue weighted by Crippen LogP contribution is 2.34. The van der Waals surface area contributed by atoms with Gasteiger partial charge in [0, 0.05) is 22.2 Å². The van der Waals surface area contributed by atoms with Crippen molar-refractivity contribution >= 4 is 40.9 Å². The first-order valence-electron chi connectivity index (χ1n) is 7.63. The standard InChI is InChI=1S/C18H16ClNO4S/c1-23-15-7-6-12(19)10-13(15)18(22)24-11-17(21)20-8-9-25-16-5-3-2-4-14(16)20/h2-7,10H,8-9,11H2,1H3. The van der Waals surface area contributed by atoms with E-state index >= 15 is 0 Å². The van der Waals surface area contributed by atoms with Crippen LogP contribution in [0.3, 0.4) is 0 Å². The first kappa shape index (κ1) is 17.6. The zero-order chi connectivity index (χ0) is 17.8. The molecule has 0 unspecified atom stereocenters. The zero-order valence-electron chi connectivity index (χ0n) is 13.5. The van der Waals surface area contributed by atoms with Gasteiger partial charge in [0.1, 0.15) is 11.3 Å². The number of ether oxygens (including phenoxy) is 2. The second-order valence-corrected chi connectivity index (χ2v) is 6.86. The summed E-state index contributed by atoms with van der Waals surface area (Å²) in [5.74, 6) is 0.245. The van der Waals surface area contributed by atoms with E-state index in [-0.39, 0.29) is 18.1 Å². The van der Waals surface area contributed by atoms with Gasteiger partial charge in [0.2, 0.25) is 0 Å². The Labute approximate surface area is 154 Å². The maximum atomic E-state index is 12.5. The molecule has 0 N–H and O–H groups in total. The molecule has 25 heavy (non-hydrogen) atoms. The van der Waals surface area contributed by atoms with Gasteiger partial charge in [-0.15, -0.1) is 11.8 Å². The van der Waals surface area contributed by atoms with Crippen LogP contribution < -0.4 is 9.64 Å². The molecule has 130 valence electrons. The molecule has 3 rings (SSSR count). The minimum atomic E-state index is -0.646. The molecule has 2 aromatic carbocycles. The van der Waals surface area contributed by atoms with Crippen LogP contribution in [0.4, 0.5) is 5.69 Å². The molecule has 1 heterocycles. The van der Waals surface area contributed by atoms with Gasteiger partial charge in [0.25, 0.3) is 5.91 Å². The zero-order valence-corrected chi connectivity index (χ0v) is 15.1. The molecule has 0 spiro atoms. The van der Waals surface area contributed by atoms with E-state index in [9.17, 15) is 9.59 Å². The van der Waals surface area contributed by atoms with Crippen molar-refractivity contribution in [1.82, 2.24) is 0 Å². The molecule has 7 heteroatoms. The minimum absolute atomic E-state index is 0.192. The first-order chi connectivity index (χ1) is 12.1. The van der Waals surface area contributed by atoms with E-state index in [4.69, 9.17) is 21.1 Å². The van der Waals surface area contributed by atoms with E-state index < -0.39 is 5.97 Å². The summed E-state index contributed by atoms with van der Waals surface area (Å²) in [6, 6.07) is 12.3. The number of para-hydroxylation sites is 1. The number of methoxy groups -OCH3 is 1. The van der Waals surface area contributed by atoms with E-state index in [1.165, 1.54) is 13.2 Å². The summed E-state index contributed by atoms with van der Waals surface area (Å²) < 4.78 is 10.3. The van der Waals surface area contributed by atoms with Gasteiger partial charge in [0.05, 0.1) is 12.8 Å². The van der Waals surface area contributed by atoms with Crippen molar-refractivity contribution in [2.75, 3.05) is 30.9 Å². The molecule has 0 bridgehead atoms. The number of carbonyl (C=O) groups is 2. The number of anilines is 1. The number of amides is 1. The van der Waals surface area contributed by atoms with Crippen LogP contribution in [-0.2, 0) is 9.53 Å². The van der Waals surface area contributed by atoms with E-state index in [2.05, 4.69) is 0 Å². The highest BCUT2D eigenvalue weighted by molar-refractivity contribution is 7.99. The SMILES string of the molecule is COc1ccc(Cl)cc1C(=O)OCC(=O)N1CCSc2ccccc21. The fourth-order valence-corrected chi connectivity index (χ4v) is 3.72. The summed E-state index contributed by atoms with van der Waals surface area (Å²) in [7, 11) is 1.45. The number of esters is 1. The van der Waals surface area contributed by atoms with E-state index in [0.717, 1.165) is 16.3 Å². The predicted molar refractivity (Wildman–Crippen MR) is 97.8 cm³/mol. The number of thioether (sulfide) groups is 1. The van der Waals surface area contributed by atoms with E-state index in [0.29, 0.717) is 17.3 Å². The lowest BCUT2D eigenvalue weighted by molar-refractivity contribution is -0.121. The molecular weight excluding hydrogens is 362 g/mol. The van der Waals surface area contributed by atoms with E-state index in [1.54, 1.807) is 28.8 Å². The molecule has 1 aliphatic heterocycles. The Morgan fingerprint density at radius 1 is 1.24 bits per heavy atom. The van der Waals surface area contributed by atoms with Crippen molar-refractivity contribution in [3.8, 4) is 5.75 Å². The quantitative estimate of drug-likeness (QED) is 0.761. The third kappa shape index (κ3) is 3.91. The first-order valence-corrected chi connectivity index (χ1v) is 8.99. The number of hydrogen-bond donors (Lipinski definition) is 0. The third-order valence-electron chi connectivity index (χ3n) is 3.74. The molecule has 5 nitrogen and oxygen atoms in total. The number of fused-ring (bicyclic) bond motifs is 1. The third-order valence-corrected chi connectivity index (χ3v) is 5.02. The number of halogens is 1. The van der Waals surface area contributed by atoms with Crippen LogP contribution in [0.1, 0.15) is 10.4 Å². The van der Waals surface area contributed by atoms with Crippen molar-refractivity contribution in [2.24, 2.45) is 0 Å². The van der Waals surface area contributed by atoms with Crippen LogP contribution in [0.25, 0.3) is 0 Å². The van der Waals surface area contributed by atoms with Crippen LogP contribution in [-0.4, -0.2) is 37.9 Å². The second-order valence-electron chi connectivity index (χ2n) is 5.28. The normalized spacial score (nSPS) is 13.1. The Morgan fingerprint density at radius 3 is 2.84 bits per heavy atom. The molecule has 0 saturated carbocycles. The summed E-state index contributed by atoms with van der Waals surface area (Å²) in [6.45, 7) is 0.242. The van der Waals surface area contributed by atoms with E-state index in [1.807, 2.05) is 24.3 Å². The summed E-state index contributed by atoms with van der Waals surface area (Å²) in [6.07, 6.45) is 0. The summed E-state index contributed by atoms with van der Waals surface area (Å²) >= 11 is 7.62. The second kappa shape index (κ2) is 7.80. The highest BCUT2D eigenvalue weighted by atomic mass is 35.5. The Hall–Kier alpha value is -2.18. The van der Waals surface area contributed by atoms with Crippen LogP contribution in [0.15, 0.2) is 47.4 Å². The molecule has 1 amide bonds. The molecule has 0 fully saturated rings. The van der Waals surface area contributed by atoms with Gasteiger partial charge in [-0.1, -0.05) is 23.7 Å². The number of carbonyl (C=O) groups excluding carboxylic acids is 2. The molecule has 0 saturated heterocycles. The van der Waals surface area contributed by atoms with Gasteiger partial charge in [-0.05, 0) is 30.3 Å². The topological polar surface area (TPSA) is 55.8 Å². The van der Waals surface area contributed by atoms with Gasteiger partial charge in [-0.2, -0.15) is 0 Å². The highest BCUT2D eigenvalue weighted by Gasteiger charge is 2.24. The largest absolute Gasteiger partial charge is 0.496 e. The number of nitrogens with zero attached hydrogens (tertiary/aromatic N) is 1. The Morgan fingerprint density at radius 2 is 2.04 bits per heavy atom. The fraction of sp³-hybridized carbons (Fsp3) is 0.222. The lowest BCUT2D eigenvalue weighted by Crippen LogP contribution is -2.38. The fourth-order valence-electron chi connectivity index (χ4n) is 2.55. The molecule has 0 aliphatic carbocycles. The molecular formula is C18H16ClNO4S. The Bertz CT molecular complexity index is 811. The molecule has 2 aromatic rings. The molecule has 0 radical (unpaired) electrons. The van der Waals surface area contributed by atoms with Gasteiger partial charge < -0.3 is 14.4 Å². The lowest BCUT2D eigenvalue weighted by atomic mass is 10.2. The number of hydrogen-bond acceptors (Lipinski definition) is 5. The van der Waals surface area contributed by atoms with Gasteiger partial charge in [-0.3, -0.25) is 4.79 Å². The maximum absolute atomic E-state index is 12.5. The number of rotatable bonds is 4.